The molecule has 0 atom stereocenters. The number of aromatic nitrogens is 3. The Labute approximate surface area is 276 Å². The van der Waals surface area contributed by atoms with Gasteiger partial charge >= 0.3 is 0 Å². The summed E-state index contributed by atoms with van der Waals surface area (Å²) in [6, 6.07) is 49.9. The van der Waals surface area contributed by atoms with E-state index >= 15 is 0 Å². The number of para-hydroxylation sites is 1. The molecule has 0 saturated heterocycles. The van der Waals surface area contributed by atoms with Crippen molar-refractivity contribution in [2.24, 2.45) is 0 Å². The van der Waals surface area contributed by atoms with Crippen LogP contribution in [-0.2, 0) is 5.41 Å². The Bertz CT molecular complexity index is 2640. The molecule has 1 aliphatic carbocycles. The summed E-state index contributed by atoms with van der Waals surface area (Å²) in [7, 11) is 0. The molecular weight excluding hydrogens is 591 g/mol. The summed E-state index contributed by atoms with van der Waals surface area (Å²) in [6.45, 7) is 4.71. The largest absolute Gasteiger partial charge is 0.278 e. The summed E-state index contributed by atoms with van der Waals surface area (Å²) in [6.07, 6.45) is 0. The number of benzene rings is 6. The van der Waals surface area contributed by atoms with Gasteiger partial charge in [0.15, 0.2) is 0 Å². The molecule has 0 N–H and O–H groups in total. The lowest BCUT2D eigenvalue weighted by Crippen LogP contribution is -2.14. The van der Waals surface area contributed by atoms with Gasteiger partial charge in [-0.15, -0.1) is 11.3 Å². The second kappa shape index (κ2) is 9.71. The molecule has 0 saturated carbocycles. The second-order valence-electron chi connectivity index (χ2n) is 13.0. The van der Waals surface area contributed by atoms with Crippen molar-refractivity contribution in [1.82, 2.24) is 14.5 Å². The molecule has 0 spiro atoms. The van der Waals surface area contributed by atoms with Crippen LogP contribution in [0.5, 0.6) is 0 Å². The maximum absolute atomic E-state index is 5.24. The molecule has 6 aromatic carbocycles. The molecule has 47 heavy (non-hydrogen) atoms. The Morgan fingerprint density at radius 1 is 0.532 bits per heavy atom. The highest BCUT2D eigenvalue weighted by atomic mass is 32.1. The number of thiophene rings is 1. The highest BCUT2D eigenvalue weighted by molar-refractivity contribution is 7.27. The Balaban J connectivity index is 1.29. The molecule has 0 fully saturated rings. The van der Waals surface area contributed by atoms with Crippen LogP contribution in [0.2, 0.25) is 0 Å². The van der Waals surface area contributed by atoms with Gasteiger partial charge in [0.2, 0.25) is 5.95 Å². The predicted octanol–water partition coefficient (Wildman–Crippen LogP) is 11.6. The van der Waals surface area contributed by atoms with E-state index in [1.54, 1.807) is 0 Å². The van der Waals surface area contributed by atoms with Crippen molar-refractivity contribution < 1.29 is 0 Å². The van der Waals surface area contributed by atoms with Crippen molar-refractivity contribution >= 4 is 53.3 Å². The number of nitrogens with zero attached hydrogens (tertiary/aromatic N) is 3. The topological polar surface area (TPSA) is 30.7 Å². The van der Waals surface area contributed by atoms with E-state index in [1.165, 1.54) is 53.2 Å². The first-order valence-corrected chi connectivity index (χ1v) is 16.9. The third kappa shape index (κ3) is 3.73. The minimum Gasteiger partial charge on any atom is -0.278 e. The number of rotatable bonds is 3. The van der Waals surface area contributed by atoms with Gasteiger partial charge < -0.3 is 0 Å². The molecule has 0 amide bonds. The van der Waals surface area contributed by atoms with E-state index in [-0.39, 0.29) is 5.41 Å². The van der Waals surface area contributed by atoms with Gasteiger partial charge in [0.1, 0.15) is 0 Å². The van der Waals surface area contributed by atoms with Crippen LogP contribution in [0.15, 0.2) is 140 Å². The van der Waals surface area contributed by atoms with Crippen LogP contribution in [-0.4, -0.2) is 14.5 Å². The smallest absolute Gasteiger partial charge is 0.235 e. The molecule has 222 valence electrons. The summed E-state index contributed by atoms with van der Waals surface area (Å²) in [4.78, 5) is 10.5. The standard InChI is InChI=1S/C43H29N3S/c1-43(2)32-19-11-9-17-30(32)38-33(43)23-21-28-29-22-24-37-39(41(29)47-40(28)38)31-18-10-12-20-36(31)46(37)42-44-34(26-13-5-3-6-14-26)25-35(45-42)27-15-7-4-8-16-27/h3-25H,1-2H3. The molecule has 0 bridgehead atoms. The lowest BCUT2D eigenvalue weighted by atomic mass is 9.82. The summed E-state index contributed by atoms with van der Waals surface area (Å²) in [5.41, 5.74) is 11.7. The van der Waals surface area contributed by atoms with Crippen molar-refractivity contribution in [3.8, 4) is 39.6 Å². The highest BCUT2D eigenvalue weighted by Crippen LogP contribution is 2.54. The fourth-order valence-corrected chi connectivity index (χ4v) is 9.21. The van der Waals surface area contributed by atoms with E-state index in [9.17, 15) is 0 Å². The van der Waals surface area contributed by atoms with Crippen LogP contribution in [0.3, 0.4) is 0 Å². The molecule has 3 nitrogen and oxygen atoms in total. The van der Waals surface area contributed by atoms with Crippen LogP contribution in [0.1, 0.15) is 25.0 Å². The highest BCUT2D eigenvalue weighted by Gasteiger charge is 2.37. The normalized spacial score (nSPS) is 13.5. The number of fused-ring (bicyclic) bond motifs is 11. The van der Waals surface area contributed by atoms with Crippen molar-refractivity contribution in [2.45, 2.75) is 19.3 Å². The van der Waals surface area contributed by atoms with E-state index in [4.69, 9.17) is 9.97 Å². The molecule has 0 aliphatic heterocycles. The predicted molar refractivity (Wildman–Crippen MR) is 198 cm³/mol. The van der Waals surface area contributed by atoms with Gasteiger partial charge in [-0.3, -0.25) is 4.57 Å². The Hall–Kier alpha value is -5.58. The van der Waals surface area contributed by atoms with Gasteiger partial charge in [-0.1, -0.05) is 135 Å². The van der Waals surface area contributed by atoms with E-state index in [0.717, 1.165) is 33.5 Å². The number of hydrogen-bond donors (Lipinski definition) is 0. The fourth-order valence-electron chi connectivity index (χ4n) is 7.79. The van der Waals surface area contributed by atoms with Crippen molar-refractivity contribution in [1.29, 1.82) is 0 Å². The summed E-state index contributed by atoms with van der Waals surface area (Å²) in [5, 5.41) is 5.10. The minimum absolute atomic E-state index is 0.0286. The minimum atomic E-state index is -0.0286. The molecule has 3 heterocycles. The summed E-state index contributed by atoms with van der Waals surface area (Å²) < 4.78 is 4.94. The first-order chi connectivity index (χ1) is 23.1. The molecule has 0 unspecified atom stereocenters. The van der Waals surface area contributed by atoms with Crippen molar-refractivity contribution in [3.05, 3.63) is 151 Å². The third-order valence-corrected chi connectivity index (χ3v) is 11.3. The molecule has 9 aromatic rings. The zero-order chi connectivity index (χ0) is 31.3. The first kappa shape index (κ1) is 26.6. The van der Waals surface area contributed by atoms with Gasteiger partial charge in [-0.25, -0.2) is 9.97 Å². The third-order valence-electron chi connectivity index (χ3n) is 10.0. The number of hydrogen-bond acceptors (Lipinski definition) is 3. The molecule has 3 aromatic heterocycles. The van der Waals surface area contributed by atoms with Gasteiger partial charge in [-0.05, 0) is 34.9 Å². The van der Waals surface area contributed by atoms with Gasteiger partial charge in [-0.2, -0.15) is 0 Å². The van der Waals surface area contributed by atoms with Crippen LogP contribution in [0.25, 0.3) is 81.6 Å². The van der Waals surface area contributed by atoms with E-state index < -0.39 is 0 Å². The van der Waals surface area contributed by atoms with Crippen LogP contribution in [0.4, 0.5) is 0 Å². The monoisotopic (exact) mass is 619 g/mol. The Kier molecular flexibility index (Phi) is 5.50. The van der Waals surface area contributed by atoms with E-state index in [1.807, 2.05) is 23.5 Å². The lowest BCUT2D eigenvalue weighted by Gasteiger charge is -2.21. The second-order valence-corrected chi connectivity index (χ2v) is 14.0. The van der Waals surface area contributed by atoms with E-state index in [2.05, 4.69) is 146 Å². The first-order valence-electron chi connectivity index (χ1n) is 16.1. The average molecular weight is 620 g/mol. The van der Waals surface area contributed by atoms with Crippen LogP contribution >= 0.6 is 11.3 Å². The molecular formula is C43H29N3S. The molecule has 0 radical (unpaired) electrons. The lowest BCUT2D eigenvalue weighted by molar-refractivity contribution is 0.661. The van der Waals surface area contributed by atoms with Gasteiger partial charge in [0.05, 0.1) is 22.4 Å². The summed E-state index contributed by atoms with van der Waals surface area (Å²) >= 11 is 1.93. The Morgan fingerprint density at radius 2 is 1.15 bits per heavy atom. The average Bonchev–Trinajstić information content (AvgIpc) is 3.74. The van der Waals surface area contributed by atoms with Crippen molar-refractivity contribution in [3.63, 3.8) is 0 Å². The maximum atomic E-state index is 5.24. The maximum Gasteiger partial charge on any atom is 0.235 e. The summed E-state index contributed by atoms with van der Waals surface area (Å²) in [5.74, 6) is 0.674. The van der Waals surface area contributed by atoms with Crippen molar-refractivity contribution in [2.75, 3.05) is 0 Å². The van der Waals surface area contributed by atoms with E-state index in [0.29, 0.717) is 5.95 Å². The molecule has 4 heteroatoms. The van der Waals surface area contributed by atoms with Crippen LogP contribution < -0.4 is 0 Å². The van der Waals surface area contributed by atoms with Crippen LogP contribution in [0, 0.1) is 0 Å². The van der Waals surface area contributed by atoms with Gasteiger partial charge in [0, 0.05) is 53.1 Å². The zero-order valence-corrected chi connectivity index (χ0v) is 26.8. The van der Waals surface area contributed by atoms with Gasteiger partial charge in [0.25, 0.3) is 0 Å². The zero-order valence-electron chi connectivity index (χ0n) is 26.0. The fraction of sp³-hybridized carbons (Fsp3) is 0.0698. The quantitative estimate of drug-likeness (QED) is 0.197. The molecule has 1 aliphatic rings. The SMILES string of the molecule is CC1(C)c2ccccc2-c2c1ccc1c2sc2c1ccc1c2c2ccccc2n1-c1nc(-c2ccccc2)cc(-c2ccccc2)n1. The Morgan fingerprint density at radius 3 is 1.89 bits per heavy atom. The molecule has 10 rings (SSSR count).